The van der Waals surface area contributed by atoms with Gasteiger partial charge in [-0.3, -0.25) is 4.79 Å². The zero-order valence-electron chi connectivity index (χ0n) is 21.9. The minimum absolute atomic E-state index is 0.105. The number of ketones is 1. The molecule has 8 heteroatoms. The number of rotatable bonds is 10. The van der Waals surface area contributed by atoms with E-state index in [2.05, 4.69) is 53.2 Å². The van der Waals surface area contributed by atoms with Crippen LogP contribution in [-0.2, 0) is 10.0 Å². The van der Waals surface area contributed by atoms with Crippen LogP contribution in [0, 0.1) is 11.8 Å². The Labute approximate surface area is 211 Å². The van der Waals surface area contributed by atoms with E-state index in [-0.39, 0.29) is 23.3 Å². The van der Waals surface area contributed by atoms with Crippen LogP contribution in [0.2, 0.25) is 0 Å². The van der Waals surface area contributed by atoms with Crippen molar-refractivity contribution < 1.29 is 13.2 Å². The standard InChI is InChI=1S/C27H40N4O3S/c1-20-14-21(2)19-31(18-20)35(33,34)25-9-7-8-23(15-25)27(32)17-28-16-26(30(5)6)22-10-12-24(13-11-22)29(3)4/h7-13,15,20-21,26,28H,14,16-19H2,1-6H3. The number of hydrogen-bond donors (Lipinski definition) is 1. The van der Waals surface area contributed by atoms with Crippen LogP contribution in [0.1, 0.15) is 42.2 Å². The van der Waals surface area contributed by atoms with Gasteiger partial charge in [0.2, 0.25) is 10.0 Å². The normalized spacial score (nSPS) is 20.1. The molecular weight excluding hydrogens is 460 g/mol. The first-order valence-electron chi connectivity index (χ1n) is 12.3. The molecule has 1 heterocycles. The van der Waals surface area contributed by atoms with Crippen molar-refractivity contribution in [3.05, 3.63) is 59.7 Å². The zero-order chi connectivity index (χ0) is 25.8. The summed E-state index contributed by atoms with van der Waals surface area (Å²) in [5, 5.41) is 3.27. The number of Topliss-reactive ketones (excluding diaryl/α,β-unsaturated/α-hetero) is 1. The van der Waals surface area contributed by atoms with Crippen molar-refractivity contribution in [2.75, 3.05) is 59.3 Å². The minimum Gasteiger partial charge on any atom is -0.378 e. The lowest BCUT2D eigenvalue weighted by Gasteiger charge is -2.34. The van der Waals surface area contributed by atoms with Gasteiger partial charge < -0.3 is 15.1 Å². The van der Waals surface area contributed by atoms with Crippen molar-refractivity contribution >= 4 is 21.5 Å². The Hall–Kier alpha value is -2.26. The number of carbonyl (C=O) groups excluding carboxylic acids is 1. The molecule has 35 heavy (non-hydrogen) atoms. The van der Waals surface area contributed by atoms with E-state index in [0.717, 1.165) is 12.1 Å². The maximum absolute atomic E-state index is 13.2. The number of hydrogen-bond acceptors (Lipinski definition) is 6. The van der Waals surface area contributed by atoms with E-state index in [4.69, 9.17) is 0 Å². The van der Waals surface area contributed by atoms with Crippen LogP contribution in [0.3, 0.4) is 0 Å². The monoisotopic (exact) mass is 500 g/mol. The lowest BCUT2D eigenvalue weighted by molar-refractivity contribution is 0.0988. The Bertz CT molecular complexity index is 1090. The van der Waals surface area contributed by atoms with Crippen molar-refractivity contribution in [3.63, 3.8) is 0 Å². The van der Waals surface area contributed by atoms with Gasteiger partial charge in [-0.1, -0.05) is 38.1 Å². The van der Waals surface area contributed by atoms with Crippen LogP contribution >= 0.6 is 0 Å². The number of sulfonamides is 1. The summed E-state index contributed by atoms with van der Waals surface area (Å²) in [6.07, 6.45) is 1.03. The van der Waals surface area contributed by atoms with E-state index >= 15 is 0 Å². The number of benzene rings is 2. The second-order valence-corrected chi connectivity index (χ2v) is 12.3. The van der Waals surface area contributed by atoms with Crippen LogP contribution in [-0.4, -0.2) is 77.8 Å². The van der Waals surface area contributed by atoms with E-state index < -0.39 is 10.0 Å². The summed E-state index contributed by atoms with van der Waals surface area (Å²) >= 11 is 0. The average molecular weight is 501 g/mol. The molecule has 3 unspecified atom stereocenters. The molecule has 3 rings (SSSR count). The van der Waals surface area contributed by atoms with Gasteiger partial charge in [0.1, 0.15) is 0 Å². The Morgan fingerprint density at radius 2 is 1.66 bits per heavy atom. The van der Waals surface area contributed by atoms with Gasteiger partial charge in [0, 0.05) is 51.0 Å². The first-order valence-corrected chi connectivity index (χ1v) is 13.7. The zero-order valence-corrected chi connectivity index (χ0v) is 22.7. The summed E-state index contributed by atoms with van der Waals surface area (Å²) < 4.78 is 28.1. The summed E-state index contributed by atoms with van der Waals surface area (Å²) in [6.45, 7) is 5.95. The molecule has 0 bridgehead atoms. The Morgan fingerprint density at radius 3 is 2.23 bits per heavy atom. The number of likely N-dealkylation sites (N-methyl/N-ethyl adjacent to an activating group) is 1. The predicted octanol–water partition coefficient (Wildman–Crippen LogP) is 3.49. The van der Waals surface area contributed by atoms with Crippen LogP contribution < -0.4 is 10.2 Å². The first kappa shape index (κ1) is 27.3. The lowest BCUT2D eigenvalue weighted by atomic mass is 9.94. The Morgan fingerprint density at radius 1 is 1.03 bits per heavy atom. The molecule has 0 spiro atoms. The lowest BCUT2D eigenvalue weighted by Crippen LogP contribution is -2.42. The van der Waals surface area contributed by atoms with Gasteiger partial charge in [0.05, 0.1) is 11.4 Å². The van der Waals surface area contributed by atoms with Gasteiger partial charge in [-0.15, -0.1) is 0 Å². The van der Waals surface area contributed by atoms with Gasteiger partial charge in [0.25, 0.3) is 0 Å². The fourth-order valence-electron chi connectivity index (χ4n) is 4.80. The summed E-state index contributed by atoms with van der Waals surface area (Å²) in [4.78, 5) is 17.3. The maximum Gasteiger partial charge on any atom is 0.243 e. The number of nitrogens with zero attached hydrogens (tertiary/aromatic N) is 3. The highest BCUT2D eigenvalue weighted by molar-refractivity contribution is 7.89. The predicted molar refractivity (Wildman–Crippen MR) is 143 cm³/mol. The number of nitrogens with one attached hydrogen (secondary N) is 1. The molecule has 1 fully saturated rings. The third-order valence-electron chi connectivity index (χ3n) is 6.67. The van der Waals surface area contributed by atoms with Gasteiger partial charge in [-0.25, -0.2) is 8.42 Å². The molecule has 0 radical (unpaired) electrons. The third-order valence-corrected chi connectivity index (χ3v) is 8.50. The van der Waals surface area contributed by atoms with Gasteiger partial charge in [0.15, 0.2) is 5.78 Å². The van der Waals surface area contributed by atoms with Gasteiger partial charge in [-0.05, 0) is 62.2 Å². The number of piperidine rings is 1. The third kappa shape index (κ3) is 6.91. The van der Waals surface area contributed by atoms with Crippen LogP contribution in [0.15, 0.2) is 53.4 Å². The first-order chi connectivity index (χ1) is 16.5. The molecule has 0 saturated carbocycles. The molecule has 3 atom stereocenters. The van der Waals surface area contributed by atoms with Crippen LogP contribution in [0.25, 0.3) is 0 Å². The molecule has 0 amide bonds. The molecule has 2 aromatic carbocycles. The van der Waals surface area contributed by atoms with Crippen molar-refractivity contribution in [3.8, 4) is 0 Å². The second kappa shape index (κ2) is 11.6. The van der Waals surface area contributed by atoms with Crippen molar-refractivity contribution in [2.24, 2.45) is 11.8 Å². The summed E-state index contributed by atoms with van der Waals surface area (Å²) in [5.41, 5.74) is 2.71. The van der Waals surface area contributed by atoms with Crippen molar-refractivity contribution in [1.29, 1.82) is 0 Å². The highest BCUT2D eigenvalue weighted by Crippen LogP contribution is 2.27. The highest BCUT2D eigenvalue weighted by atomic mass is 32.2. The molecule has 1 saturated heterocycles. The SMILES string of the molecule is CC1CC(C)CN(S(=O)(=O)c2cccc(C(=O)CNCC(c3ccc(N(C)C)cc3)N(C)C)c2)C1. The Balaban J connectivity index is 1.65. The van der Waals surface area contributed by atoms with E-state index in [1.165, 1.54) is 11.6 Å². The highest BCUT2D eigenvalue weighted by Gasteiger charge is 2.32. The molecule has 192 valence electrons. The van der Waals surface area contributed by atoms with Gasteiger partial charge in [-0.2, -0.15) is 4.31 Å². The molecule has 0 aliphatic carbocycles. The molecule has 7 nitrogen and oxygen atoms in total. The minimum atomic E-state index is -3.62. The van der Waals surface area contributed by atoms with Crippen molar-refractivity contribution in [1.82, 2.24) is 14.5 Å². The molecule has 1 N–H and O–H groups in total. The number of carbonyl (C=O) groups is 1. The Kier molecular flexibility index (Phi) is 9.10. The number of anilines is 1. The van der Waals surface area contributed by atoms with E-state index in [9.17, 15) is 13.2 Å². The maximum atomic E-state index is 13.2. The molecule has 0 aromatic heterocycles. The molecular formula is C27H40N4O3S. The largest absolute Gasteiger partial charge is 0.378 e. The topological polar surface area (TPSA) is 73.0 Å². The van der Waals surface area contributed by atoms with Crippen molar-refractivity contribution in [2.45, 2.75) is 31.2 Å². The fourth-order valence-corrected chi connectivity index (χ4v) is 6.52. The quantitative estimate of drug-likeness (QED) is 0.504. The van der Waals surface area contributed by atoms with Crippen LogP contribution in [0.4, 0.5) is 5.69 Å². The van der Waals surface area contributed by atoms with Crippen LogP contribution in [0.5, 0.6) is 0 Å². The van der Waals surface area contributed by atoms with E-state index in [1.807, 2.05) is 28.2 Å². The molecule has 1 aliphatic heterocycles. The summed E-state index contributed by atoms with van der Waals surface area (Å²) in [6, 6.07) is 15.0. The van der Waals surface area contributed by atoms with Gasteiger partial charge >= 0.3 is 0 Å². The smallest absolute Gasteiger partial charge is 0.243 e. The van der Waals surface area contributed by atoms with E-state index in [0.29, 0.717) is 37.0 Å². The summed E-state index contributed by atoms with van der Waals surface area (Å²) in [7, 11) is 4.44. The fraction of sp³-hybridized carbons (Fsp3) is 0.519. The summed E-state index contributed by atoms with van der Waals surface area (Å²) in [5.74, 6) is 0.528. The van der Waals surface area contributed by atoms with E-state index in [1.54, 1.807) is 22.5 Å². The molecule has 2 aromatic rings. The average Bonchev–Trinajstić information content (AvgIpc) is 2.81. The molecule has 1 aliphatic rings. The second-order valence-electron chi connectivity index (χ2n) is 10.3.